The van der Waals surface area contributed by atoms with Crippen molar-refractivity contribution in [1.29, 1.82) is 0 Å². The van der Waals surface area contributed by atoms with E-state index in [2.05, 4.69) is 59.4 Å². The third-order valence-corrected chi connectivity index (χ3v) is 4.62. The molecule has 0 heterocycles. The van der Waals surface area contributed by atoms with Crippen molar-refractivity contribution in [2.24, 2.45) is 5.92 Å². The number of benzene rings is 1. The third kappa shape index (κ3) is 4.10. The van der Waals surface area contributed by atoms with Gasteiger partial charge in [-0.1, -0.05) is 41.4 Å². The van der Waals surface area contributed by atoms with E-state index in [1.54, 1.807) is 0 Å². The van der Waals surface area contributed by atoms with Gasteiger partial charge in [0.25, 0.3) is 0 Å². The molecule has 0 amide bonds. The highest BCUT2D eigenvalue weighted by molar-refractivity contribution is 9.10. The van der Waals surface area contributed by atoms with E-state index in [-0.39, 0.29) is 0 Å². The quantitative estimate of drug-likeness (QED) is 0.841. The molecule has 1 fully saturated rings. The number of halogens is 1. The minimum Gasteiger partial charge on any atom is -0.311 e. The molecule has 18 heavy (non-hydrogen) atoms. The first-order chi connectivity index (χ1) is 8.67. The molecular weight excluding hydrogens is 286 g/mol. The highest BCUT2D eigenvalue weighted by Crippen LogP contribution is 2.28. The molecule has 0 aromatic heterocycles. The molecule has 0 aliphatic heterocycles. The zero-order valence-electron chi connectivity index (χ0n) is 11.5. The van der Waals surface area contributed by atoms with Crippen LogP contribution in [0.2, 0.25) is 0 Å². The minimum absolute atomic E-state index is 0.576. The molecule has 2 heteroatoms. The van der Waals surface area contributed by atoms with Gasteiger partial charge in [0.1, 0.15) is 0 Å². The second-order valence-electron chi connectivity index (χ2n) is 5.68. The summed E-state index contributed by atoms with van der Waals surface area (Å²) in [6, 6.07) is 10.0. The summed E-state index contributed by atoms with van der Waals surface area (Å²) in [5.41, 5.74) is 1.42. The summed E-state index contributed by atoms with van der Waals surface area (Å²) in [6.07, 6.45) is 6.63. The van der Waals surface area contributed by atoms with Gasteiger partial charge in [0, 0.05) is 16.6 Å². The second-order valence-corrected chi connectivity index (χ2v) is 6.60. The van der Waals surface area contributed by atoms with E-state index in [1.807, 2.05) is 0 Å². The predicted octanol–water partition coefficient (Wildman–Crippen LogP) is 4.55. The maximum Gasteiger partial charge on any atom is 0.0175 e. The van der Waals surface area contributed by atoms with E-state index in [1.165, 1.54) is 31.2 Å². The van der Waals surface area contributed by atoms with Gasteiger partial charge in [-0.05, 0) is 56.2 Å². The molecule has 0 radical (unpaired) electrons. The van der Waals surface area contributed by atoms with E-state index in [0.29, 0.717) is 6.04 Å². The number of hydrogen-bond acceptors (Lipinski definition) is 1. The van der Waals surface area contributed by atoms with Crippen LogP contribution in [0.5, 0.6) is 0 Å². The molecule has 100 valence electrons. The smallest absolute Gasteiger partial charge is 0.0175 e. The topological polar surface area (TPSA) is 12.0 Å². The Morgan fingerprint density at radius 2 is 2.00 bits per heavy atom. The van der Waals surface area contributed by atoms with Crippen LogP contribution < -0.4 is 5.32 Å². The maximum absolute atomic E-state index is 3.79. The summed E-state index contributed by atoms with van der Waals surface area (Å²) in [5.74, 6) is 0.961. The molecule has 3 unspecified atom stereocenters. The SMILES string of the molecule is CCC1CCC(NC(C)Cc2ccc(Br)cc2)C1. The molecule has 1 nitrogen and oxygen atoms in total. The lowest BCUT2D eigenvalue weighted by Crippen LogP contribution is -2.36. The van der Waals surface area contributed by atoms with Crippen molar-refractivity contribution in [3.8, 4) is 0 Å². The summed E-state index contributed by atoms with van der Waals surface area (Å²) in [6.45, 7) is 4.62. The molecule has 1 saturated carbocycles. The summed E-state index contributed by atoms with van der Waals surface area (Å²) < 4.78 is 1.16. The number of hydrogen-bond donors (Lipinski definition) is 1. The van der Waals surface area contributed by atoms with E-state index in [9.17, 15) is 0 Å². The Balaban J connectivity index is 1.78. The molecule has 3 atom stereocenters. The highest BCUT2D eigenvalue weighted by atomic mass is 79.9. The predicted molar refractivity (Wildman–Crippen MR) is 81.9 cm³/mol. The fourth-order valence-electron chi connectivity index (χ4n) is 3.03. The molecule has 0 bridgehead atoms. The van der Waals surface area contributed by atoms with Crippen molar-refractivity contribution < 1.29 is 0 Å². The second kappa shape index (κ2) is 6.72. The van der Waals surface area contributed by atoms with Crippen molar-refractivity contribution in [3.05, 3.63) is 34.3 Å². The van der Waals surface area contributed by atoms with Gasteiger partial charge >= 0.3 is 0 Å². The van der Waals surface area contributed by atoms with E-state index >= 15 is 0 Å². The van der Waals surface area contributed by atoms with Gasteiger partial charge in [0.05, 0.1) is 0 Å². The molecule has 1 aliphatic rings. The van der Waals surface area contributed by atoms with Crippen LogP contribution in [0.4, 0.5) is 0 Å². The Bertz CT molecular complexity index is 360. The Kier molecular flexibility index (Phi) is 5.25. The van der Waals surface area contributed by atoms with Gasteiger partial charge in [-0.3, -0.25) is 0 Å². The summed E-state index contributed by atoms with van der Waals surface area (Å²) in [5, 5.41) is 3.79. The van der Waals surface area contributed by atoms with Crippen LogP contribution in [-0.4, -0.2) is 12.1 Å². The molecule has 1 N–H and O–H groups in total. The van der Waals surface area contributed by atoms with Crippen molar-refractivity contribution in [3.63, 3.8) is 0 Å². The first kappa shape index (κ1) is 14.1. The van der Waals surface area contributed by atoms with Gasteiger partial charge in [-0.2, -0.15) is 0 Å². The molecule has 0 saturated heterocycles. The van der Waals surface area contributed by atoms with Crippen molar-refractivity contribution >= 4 is 15.9 Å². The first-order valence-electron chi connectivity index (χ1n) is 7.18. The average molecular weight is 310 g/mol. The monoisotopic (exact) mass is 309 g/mol. The Morgan fingerprint density at radius 1 is 1.28 bits per heavy atom. The van der Waals surface area contributed by atoms with Crippen LogP contribution in [0.25, 0.3) is 0 Å². The number of nitrogens with one attached hydrogen (secondary N) is 1. The Hall–Kier alpha value is -0.340. The summed E-state index contributed by atoms with van der Waals surface area (Å²) >= 11 is 3.48. The molecule has 1 aromatic rings. The maximum atomic E-state index is 3.79. The summed E-state index contributed by atoms with van der Waals surface area (Å²) in [7, 11) is 0. The first-order valence-corrected chi connectivity index (χ1v) is 7.97. The lowest BCUT2D eigenvalue weighted by molar-refractivity contribution is 0.428. The van der Waals surface area contributed by atoms with Crippen LogP contribution in [-0.2, 0) is 6.42 Å². The third-order valence-electron chi connectivity index (χ3n) is 4.09. The lowest BCUT2D eigenvalue weighted by atomic mass is 10.0. The van der Waals surface area contributed by atoms with Crippen LogP contribution in [0.15, 0.2) is 28.7 Å². The van der Waals surface area contributed by atoms with Crippen LogP contribution in [0.3, 0.4) is 0 Å². The Morgan fingerprint density at radius 3 is 2.61 bits per heavy atom. The van der Waals surface area contributed by atoms with Crippen molar-refractivity contribution in [2.45, 2.75) is 58.0 Å². The van der Waals surface area contributed by atoms with Gasteiger partial charge < -0.3 is 5.32 Å². The molecular formula is C16H24BrN. The normalized spacial score (nSPS) is 25.3. The lowest BCUT2D eigenvalue weighted by Gasteiger charge is -2.19. The van der Waals surface area contributed by atoms with Gasteiger partial charge in [-0.15, -0.1) is 0 Å². The molecule has 0 spiro atoms. The number of rotatable bonds is 5. The van der Waals surface area contributed by atoms with Crippen molar-refractivity contribution in [1.82, 2.24) is 5.32 Å². The molecule has 1 aromatic carbocycles. The van der Waals surface area contributed by atoms with Crippen LogP contribution in [0.1, 0.15) is 45.1 Å². The fraction of sp³-hybridized carbons (Fsp3) is 0.625. The zero-order valence-corrected chi connectivity index (χ0v) is 13.0. The molecule has 1 aliphatic carbocycles. The standard InChI is InChI=1S/C16H24BrN/c1-3-13-6-9-16(11-13)18-12(2)10-14-4-7-15(17)8-5-14/h4-5,7-8,12-13,16,18H,3,6,9-11H2,1-2H3. The minimum atomic E-state index is 0.576. The zero-order chi connectivity index (χ0) is 13.0. The van der Waals surface area contributed by atoms with Crippen LogP contribution >= 0.6 is 15.9 Å². The van der Waals surface area contributed by atoms with Crippen molar-refractivity contribution in [2.75, 3.05) is 0 Å². The fourth-order valence-corrected chi connectivity index (χ4v) is 3.30. The summed E-state index contributed by atoms with van der Waals surface area (Å²) in [4.78, 5) is 0. The largest absolute Gasteiger partial charge is 0.311 e. The average Bonchev–Trinajstić information content (AvgIpc) is 2.79. The van der Waals surface area contributed by atoms with Gasteiger partial charge in [-0.25, -0.2) is 0 Å². The highest BCUT2D eigenvalue weighted by Gasteiger charge is 2.23. The van der Waals surface area contributed by atoms with Gasteiger partial charge in [0.2, 0.25) is 0 Å². The Labute approximate surface area is 119 Å². The van der Waals surface area contributed by atoms with E-state index < -0.39 is 0 Å². The molecule has 2 rings (SSSR count). The van der Waals surface area contributed by atoms with Crippen LogP contribution in [0, 0.1) is 5.92 Å². The van der Waals surface area contributed by atoms with Gasteiger partial charge in [0.15, 0.2) is 0 Å². The van der Waals surface area contributed by atoms with E-state index in [4.69, 9.17) is 0 Å². The van der Waals surface area contributed by atoms with E-state index in [0.717, 1.165) is 22.9 Å².